The van der Waals surface area contributed by atoms with E-state index in [0.717, 1.165) is 0 Å². The van der Waals surface area contributed by atoms with Crippen molar-refractivity contribution < 1.29 is 28.5 Å². The Hall–Kier alpha value is -0.120. The zero-order chi connectivity index (χ0) is 18.9. The molecule has 0 amide bonds. The first-order valence-electron chi connectivity index (χ1n) is 11.7. The third kappa shape index (κ3) is 15.5. The van der Waals surface area contributed by atoms with Gasteiger partial charge < -0.3 is 24.0 Å². The number of unbranched alkanes of at least 4 members (excludes halogenated alkanes) is 15. The number of aromatic nitrogens is 1. The molecule has 0 unspecified atom stereocenters. The molecule has 2 heteroatoms. The smallest absolute Gasteiger partial charge is 0.178 e. The summed E-state index contributed by atoms with van der Waals surface area (Å²) in [5.74, 6) is 0. The third-order valence-electron chi connectivity index (χ3n) is 5.66. The van der Waals surface area contributed by atoms with Crippen molar-refractivity contribution in [2.75, 3.05) is 0 Å². The third-order valence-corrected chi connectivity index (χ3v) is 5.66. The van der Waals surface area contributed by atoms with E-state index in [-0.39, 0.29) is 24.0 Å². The quantitative estimate of drug-likeness (QED) is 0.168. The van der Waals surface area contributed by atoms with Crippen LogP contribution in [-0.4, -0.2) is 0 Å². The molecular formula is C25H46IN. The number of halogens is 1. The molecule has 1 heterocycles. The first-order chi connectivity index (χ1) is 12.7. The van der Waals surface area contributed by atoms with Crippen LogP contribution in [0.25, 0.3) is 0 Å². The Morgan fingerprint density at radius 2 is 1.04 bits per heavy atom. The van der Waals surface area contributed by atoms with E-state index in [9.17, 15) is 0 Å². The maximum absolute atomic E-state index is 2.40. The second-order valence-electron chi connectivity index (χ2n) is 8.34. The molecule has 1 nitrogen and oxygen atoms in total. The maximum atomic E-state index is 2.40. The SMILES string of the molecule is CCCCCCCCCCCCCCCCCC[n+]1ccc(C)cc1C.[I-]. The van der Waals surface area contributed by atoms with Gasteiger partial charge in [0, 0.05) is 25.5 Å². The summed E-state index contributed by atoms with van der Waals surface area (Å²) in [5.41, 5.74) is 2.76. The van der Waals surface area contributed by atoms with Gasteiger partial charge in [-0.2, -0.15) is 0 Å². The molecule has 0 N–H and O–H groups in total. The molecular weight excluding hydrogens is 441 g/mol. The average molecular weight is 488 g/mol. The molecule has 0 aromatic carbocycles. The zero-order valence-electron chi connectivity index (χ0n) is 18.6. The minimum absolute atomic E-state index is 0. The predicted octanol–water partition coefficient (Wildman–Crippen LogP) is 4.86. The van der Waals surface area contributed by atoms with E-state index in [1.54, 1.807) is 0 Å². The van der Waals surface area contributed by atoms with E-state index in [4.69, 9.17) is 0 Å². The lowest BCUT2D eigenvalue weighted by Gasteiger charge is -2.04. The number of hydrogen-bond donors (Lipinski definition) is 0. The van der Waals surface area contributed by atoms with Crippen LogP contribution in [-0.2, 0) is 6.54 Å². The minimum Gasteiger partial charge on any atom is -1.00 e. The molecule has 0 saturated heterocycles. The number of pyridine rings is 1. The molecule has 1 aromatic heterocycles. The molecule has 0 bridgehead atoms. The number of rotatable bonds is 17. The van der Waals surface area contributed by atoms with Crippen molar-refractivity contribution in [2.24, 2.45) is 0 Å². The van der Waals surface area contributed by atoms with Gasteiger partial charge in [-0.25, -0.2) is 4.57 Å². The molecule has 1 rings (SSSR count). The van der Waals surface area contributed by atoms with Crippen molar-refractivity contribution in [3.8, 4) is 0 Å². The molecule has 0 fully saturated rings. The highest BCUT2D eigenvalue weighted by molar-refractivity contribution is 5.08. The molecule has 1 aromatic rings. The largest absolute Gasteiger partial charge is 1.00 e. The van der Waals surface area contributed by atoms with E-state index >= 15 is 0 Å². The van der Waals surface area contributed by atoms with Crippen LogP contribution >= 0.6 is 0 Å². The zero-order valence-corrected chi connectivity index (χ0v) is 20.7. The number of nitrogens with zero attached hydrogens (tertiary/aromatic N) is 1. The van der Waals surface area contributed by atoms with Crippen molar-refractivity contribution >= 4 is 0 Å². The Bertz CT molecular complexity index is 444. The van der Waals surface area contributed by atoms with Gasteiger partial charge in [0.05, 0.1) is 0 Å². The minimum atomic E-state index is 0. The summed E-state index contributed by atoms with van der Waals surface area (Å²) in [6, 6.07) is 4.51. The van der Waals surface area contributed by atoms with E-state index < -0.39 is 0 Å². The van der Waals surface area contributed by atoms with Gasteiger partial charge in [-0.3, -0.25) is 0 Å². The summed E-state index contributed by atoms with van der Waals surface area (Å²) in [6.07, 6.45) is 25.3. The van der Waals surface area contributed by atoms with Crippen LogP contribution in [0.1, 0.15) is 121 Å². The van der Waals surface area contributed by atoms with Gasteiger partial charge in [-0.05, 0) is 18.9 Å². The summed E-state index contributed by atoms with van der Waals surface area (Å²) in [4.78, 5) is 0. The molecule has 0 atom stereocenters. The van der Waals surface area contributed by atoms with Gasteiger partial charge in [-0.15, -0.1) is 0 Å². The highest BCUT2D eigenvalue weighted by Crippen LogP contribution is 2.13. The molecule has 0 spiro atoms. The van der Waals surface area contributed by atoms with Crippen LogP contribution < -0.4 is 28.5 Å². The van der Waals surface area contributed by atoms with Crippen molar-refractivity contribution in [3.63, 3.8) is 0 Å². The number of aryl methyl sites for hydroxylation is 3. The van der Waals surface area contributed by atoms with E-state index in [2.05, 4.69) is 43.7 Å². The van der Waals surface area contributed by atoms with E-state index in [0.29, 0.717) is 0 Å². The molecule has 0 aliphatic rings. The predicted molar refractivity (Wildman–Crippen MR) is 116 cm³/mol. The van der Waals surface area contributed by atoms with Gasteiger partial charge in [0.2, 0.25) is 0 Å². The van der Waals surface area contributed by atoms with Crippen LogP contribution in [0.5, 0.6) is 0 Å². The van der Waals surface area contributed by atoms with Gasteiger partial charge >= 0.3 is 0 Å². The Morgan fingerprint density at radius 3 is 1.44 bits per heavy atom. The summed E-state index contributed by atoms with van der Waals surface area (Å²) in [7, 11) is 0. The van der Waals surface area contributed by atoms with E-state index in [1.165, 1.54) is 121 Å². The summed E-state index contributed by atoms with van der Waals surface area (Å²) < 4.78 is 2.40. The van der Waals surface area contributed by atoms with Crippen LogP contribution in [0.3, 0.4) is 0 Å². The van der Waals surface area contributed by atoms with Crippen LogP contribution in [0.15, 0.2) is 18.3 Å². The Labute approximate surface area is 187 Å². The Kier molecular flexibility index (Phi) is 19.1. The lowest BCUT2D eigenvalue weighted by Crippen LogP contribution is -3.00. The van der Waals surface area contributed by atoms with E-state index in [1.807, 2.05) is 0 Å². The molecule has 0 saturated carbocycles. The fraction of sp³-hybridized carbons (Fsp3) is 0.800. The van der Waals surface area contributed by atoms with Crippen molar-refractivity contribution in [1.29, 1.82) is 0 Å². The summed E-state index contributed by atoms with van der Waals surface area (Å²) in [6.45, 7) is 7.88. The maximum Gasteiger partial charge on any atom is 0.178 e. The fourth-order valence-electron chi connectivity index (χ4n) is 3.87. The Morgan fingerprint density at radius 1 is 0.630 bits per heavy atom. The number of hydrogen-bond acceptors (Lipinski definition) is 0. The van der Waals surface area contributed by atoms with Gasteiger partial charge in [0.15, 0.2) is 11.9 Å². The van der Waals surface area contributed by atoms with Crippen molar-refractivity contribution in [1.82, 2.24) is 0 Å². The first kappa shape index (κ1) is 26.9. The second kappa shape index (κ2) is 19.2. The van der Waals surface area contributed by atoms with Crippen molar-refractivity contribution in [2.45, 2.75) is 130 Å². The van der Waals surface area contributed by atoms with Gasteiger partial charge in [0.1, 0.15) is 6.54 Å². The van der Waals surface area contributed by atoms with Gasteiger partial charge in [-0.1, -0.05) is 96.8 Å². The topological polar surface area (TPSA) is 3.88 Å². The van der Waals surface area contributed by atoms with Crippen LogP contribution in [0.2, 0.25) is 0 Å². The lowest BCUT2D eigenvalue weighted by molar-refractivity contribution is -0.703. The summed E-state index contributed by atoms with van der Waals surface area (Å²) in [5, 5.41) is 0. The van der Waals surface area contributed by atoms with Gasteiger partial charge in [0.25, 0.3) is 0 Å². The first-order valence-corrected chi connectivity index (χ1v) is 11.7. The molecule has 0 radical (unpaired) electrons. The molecule has 158 valence electrons. The Balaban J connectivity index is 0.00000676. The second-order valence-corrected chi connectivity index (χ2v) is 8.34. The standard InChI is InChI=1S/C25H46N.HI/c1-4-5-6-7-8-9-10-11-12-13-14-15-16-17-18-19-21-26-22-20-24(2)23-25(26)3;/h20,22-23H,4-19,21H2,1-3H3;1H/q+1;/p-1. The fourth-order valence-corrected chi connectivity index (χ4v) is 3.87. The lowest BCUT2D eigenvalue weighted by atomic mass is 10.0. The monoisotopic (exact) mass is 487 g/mol. The highest BCUT2D eigenvalue weighted by Gasteiger charge is 2.05. The highest BCUT2D eigenvalue weighted by atomic mass is 127. The van der Waals surface area contributed by atoms with Crippen LogP contribution in [0.4, 0.5) is 0 Å². The van der Waals surface area contributed by atoms with Crippen LogP contribution in [0, 0.1) is 13.8 Å². The molecule has 0 aliphatic carbocycles. The molecule has 0 aliphatic heterocycles. The summed E-state index contributed by atoms with van der Waals surface area (Å²) >= 11 is 0. The average Bonchev–Trinajstić information content (AvgIpc) is 2.63. The normalized spacial score (nSPS) is 10.8. The molecule has 27 heavy (non-hydrogen) atoms. The van der Waals surface area contributed by atoms with Crippen molar-refractivity contribution in [3.05, 3.63) is 29.6 Å².